The molecule has 0 atom stereocenters. The molecule has 0 aliphatic carbocycles. The van der Waals surface area contributed by atoms with Crippen molar-refractivity contribution in [1.29, 1.82) is 0 Å². The van der Waals surface area contributed by atoms with Crippen LogP contribution in [0.4, 0.5) is 4.39 Å². The van der Waals surface area contributed by atoms with Crippen LogP contribution in [-0.4, -0.2) is 10.2 Å². The number of benzene rings is 1. The van der Waals surface area contributed by atoms with Crippen LogP contribution in [0.2, 0.25) is 0 Å². The minimum absolute atomic E-state index is 0.286. The second-order valence-corrected chi connectivity index (χ2v) is 2.76. The molecule has 0 saturated carbocycles. The van der Waals surface area contributed by atoms with Crippen molar-refractivity contribution >= 4 is 0 Å². The Morgan fingerprint density at radius 3 is 2.50 bits per heavy atom. The van der Waals surface area contributed by atoms with E-state index >= 15 is 0 Å². The number of rotatable bonds is 2. The molecule has 0 N–H and O–H groups in total. The van der Waals surface area contributed by atoms with Gasteiger partial charge in [-0.15, -0.1) is 10.2 Å². The molecule has 1 radical (unpaired) electrons. The van der Waals surface area contributed by atoms with Crippen LogP contribution in [-0.2, 0) is 6.42 Å². The van der Waals surface area contributed by atoms with Gasteiger partial charge in [0.25, 0.3) is 0 Å². The average Bonchev–Trinajstić information content (AvgIpc) is 2.67. The van der Waals surface area contributed by atoms with E-state index in [0.717, 1.165) is 0 Å². The highest BCUT2D eigenvalue weighted by Crippen LogP contribution is 2.17. The summed E-state index contributed by atoms with van der Waals surface area (Å²) in [6.07, 6.45) is 0.453. The third-order valence-electron chi connectivity index (χ3n) is 1.77. The maximum absolute atomic E-state index is 12.6. The first kappa shape index (κ1) is 8.87. The molecule has 0 unspecified atom stereocenters. The number of hydrogen-bond donors (Lipinski definition) is 0. The van der Waals surface area contributed by atoms with Crippen molar-refractivity contribution in [3.8, 4) is 11.5 Å². The summed E-state index contributed by atoms with van der Waals surface area (Å²) in [6, 6.07) is 5.89. The van der Waals surface area contributed by atoms with Crippen LogP contribution >= 0.6 is 0 Å². The first-order chi connectivity index (χ1) is 6.79. The lowest BCUT2D eigenvalue weighted by molar-refractivity contribution is 0.519. The van der Waals surface area contributed by atoms with Crippen molar-refractivity contribution in [2.75, 3.05) is 0 Å². The van der Waals surface area contributed by atoms with Crippen LogP contribution in [0.5, 0.6) is 0 Å². The summed E-state index contributed by atoms with van der Waals surface area (Å²) >= 11 is 0. The molecule has 2 rings (SSSR count). The van der Waals surface area contributed by atoms with Crippen molar-refractivity contribution in [3.63, 3.8) is 0 Å². The fraction of sp³-hybridized carbons (Fsp3) is 0.100. The Morgan fingerprint density at radius 1 is 1.21 bits per heavy atom. The summed E-state index contributed by atoms with van der Waals surface area (Å²) in [7, 11) is 0. The molecule has 14 heavy (non-hydrogen) atoms. The van der Waals surface area contributed by atoms with Crippen LogP contribution in [0.15, 0.2) is 28.7 Å². The van der Waals surface area contributed by atoms with Gasteiger partial charge in [-0.1, -0.05) is 0 Å². The first-order valence-corrected chi connectivity index (χ1v) is 4.17. The van der Waals surface area contributed by atoms with Crippen molar-refractivity contribution in [2.45, 2.75) is 6.42 Å². The van der Waals surface area contributed by atoms with Gasteiger partial charge in [0.05, 0.1) is 0 Å². The molecule has 0 saturated heterocycles. The molecule has 0 aliphatic heterocycles. The van der Waals surface area contributed by atoms with E-state index in [4.69, 9.17) is 4.42 Å². The zero-order chi connectivity index (χ0) is 9.97. The zero-order valence-electron chi connectivity index (χ0n) is 7.40. The monoisotopic (exact) mass is 191 g/mol. The highest BCUT2D eigenvalue weighted by atomic mass is 19.1. The van der Waals surface area contributed by atoms with E-state index < -0.39 is 0 Å². The lowest BCUT2D eigenvalue weighted by Gasteiger charge is -1.92. The van der Waals surface area contributed by atoms with Gasteiger partial charge in [-0.25, -0.2) is 4.39 Å². The summed E-state index contributed by atoms with van der Waals surface area (Å²) in [5.74, 6) is 0.582. The van der Waals surface area contributed by atoms with Crippen molar-refractivity contribution in [1.82, 2.24) is 10.2 Å². The minimum Gasteiger partial charge on any atom is -0.421 e. The molecule has 0 spiro atoms. The average molecular weight is 191 g/mol. The summed E-state index contributed by atoms with van der Waals surface area (Å²) in [6.45, 7) is 3.62. The Bertz CT molecular complexity index is 422. The van der Waals surface area contributed by atoms with E-state index in [9.17, 15) is 4.39 Å². The molecule has 0 bridgehead atoms. The maximum Gasteiger partial charge on any atom is 0.247 e. The van der Waals surface area contributed by atoms with Crippen molar-refractivity contribution in [2.24, 2.45) is 0 Å². The third-order valence-corrected chi connectivity index (χ3v) is 1.77. The number of nitrogens with zero attached hydrogens (tertiary/aromatic N) is 2. The number of aromatic nitrogens is 2. The summed E-state index contributed by atoms with van der Waals surface area (Å²) in [5, 5.41) is 7.57. The van der Waals surface area contributed by atoms with Gasteiger partial charge in [0.15, 0.2) is 0 Å². The van der Waals surface area contributed by atoms with E-state index in [-0.39, 0.29) is 5.82 Å². The minimum atomic E-state index is -0.286. The third kappa shape index (κ3) is 1.64. The van der Waals surface area contributed by atoms with Crippen LogP contribution in [0.25, 0.3) is 11.5 Å². The second kappa shape index (κ2) is 3.57. The molecule has 71 valence electrons. The van der Waals surface area contributed by atoms with Crippen molar-refractivity contribution in [3.05, 3.63) is 42.9 Å². The van der Waals surface area contributed by atoms with Gasteiger partial charge < -0.3 is 4.42 Å². The zero-order valence-corrected chi connectivity index (χ0v) is 7.40. The van der Waals surface area contributed by atoms with E-state index in [1.165, 1.54) is 12.1 Å². The molecule has 1 aromatic carbocycles. The molecule has 1 heterocycles. The molecule has 2 aromatic rings. The smallest absolute Gasteiger partial charge is 0.247 e. The second-order valence-electron chi connectivity index (χ2n) is 2.76. The maximum atomic E-state index is 12.6. The van der Waals surface area contributed by atoms with E-state index in [0.29, 0.717) is 23.8 Å². The lowest BCUT2D eigenvalue weighted by atomic mass is 10.2. The summed E-state index contributed by atoms with van der Waals surface area (Å²) in [4.78, 5) is 0. The number of hydrogen-bond acceptors (Lipinski definition) is 3. The Hall–Kier alpha value is -1.71. The highest BCUT2D eigenvalue weighted by molar-refractivity contribution is 5.51. The van der Waals surface area contributed by atoms with Gasteiger partial charge in [-0.3, -0.25) is 0 Å². The molecule has 1 aromatic heterocycles. The van der Waals surface area contributed by atoms with Gasteiger partial charge in [0.2, 0.25) is 11.8 Å². The van der Waals surface area contributed by atoms with Gasteiger partial charge in [0, 0.05) is 12.0 Å². The summed E-state index contributed by atoms with van der Waals surface area (Å²) in [5.41, 5.74) is 0.707. The van der Waals surface area contributed by atoms with E-state index in [2.05, 4.69) is 17.1 Å². The molecule has 0 fully saturated rings. The fourth-order valence-corrected chi connectivity index (χ4v) is 1.06. The lowest BCUT2D eigenvalue weighted by Crippen LogP contribution is -1.78. The Kier molecular flexibility index (Phi) is 2.26. The van der Waals surface area contributed by atoms with Crippen LogP contribution < -0.4 is 0 Å². The van der Waals surface area contributed by atoms with Gasteiger partial charge in [0.1, 0.15) is 5.82 Å². The van der Waals surface area contributed by atoms with Crippen molar-refractivity contribution < 1.29 is 8.81 Å². The highest BCUT2D eigenvalue weighted by Gasteiger charge is 2.06. The molecular formula is C10H8FN2O. The van der Waals surface area contributed by atoms with Crippen LogP contribution in [0, 0.1) is 12.7 Å². The summed E-state index contributed by atoms with van der Waals surface area (Å²) < 4.78 is 17.8. The molecule has 3 nitrogen and oxygen atoms in total. The SMILES string of the molecule is [CH2]Cc1nnc(-c2ccc(F)cc2)o1. The first-order valence-electron chi connectivity index (χ1n) is 4.17. The molecule has 4 heteroatoms. The van der Waals surface area contributed by atoms with E-state index in [1.54, 1.807) is 12.1 Å². The Morgan fingerprint density at radius 2 is 1.93 bits per heavy atom. The quantitative estimate of drug-likeness (QED) is 0.730. The van der Waals surface area contributed by atoms with Crippen LogP contribution in [0.3, 0.4) is 0 Å². The van der Waals surface area contributed by atoms with Gasteiger partial charge in [-0.05, 0) is 31.2 Å². The molecular weight excluding hydrogens is 183 g/mol. The molecule has 0 aliphatic rings. The molecule has 0 amide bonds. The van der Waals surface area contributed by atoms with Gasteiger partial charge in [-0.2, -0.15) is 0 Å². The Labute approximate surface area is 80.6 Å². The van der Waals surface area contributed by atoms with E-state index in [1.807, 2.05) is 0 Å². The standard InChI is InChI=1S/C10H8FN2O/c1-2-9-12-13-10(14-9)7-3-5-8(11)6-4-7/h3-6H,1-2H2. The largest absolute Gasteiger partial charge is 0.421 e. The topological polar surface area (TPSA) is 38.9 Å². The Balaban J connectivity index is 2.34. The fourth-order valence-electron chi connectivity index (χ4n) is 1.06. The predicted octanol–water partition coefficient (Wildman–Crippen LogP) is 2.25. The normalized spacial score (nSPS) is 10.4. The number of halogens is 1. The van der Waals surface area contributed by atoms with Gasteiger partial charge >= 0.3 is 0 Å². The predicted molar refractivity (Wildman–Crippen MR) is 48.8 cm³/mol. The van der Waals surface area contributed by atoms with Crippen LogP contribution in [0.1, 0.15) is 5.89 Å².